The summed E-state index contributed by atoms with van der Waals surface area (Å²) in [6.45, 7) is 4.13. The van der Waals surface area contributed by atoms with Crippen LogP contribution in [0.15, 0.2) is 0 Å². The lowest BCUT2D eigenvalue weighted by atomic mass is 9.98. The van der Waals surface area contributed by atoms with Crippen LogP contribution in [0.2, 0.25) is 0 Å². The van der Waals surface area contributed by atoms with Gasteiger partial charge in [0.05, 0.1) is 5.92 Å². The van der Waals surface area contributed by atoms with Crippen molar-refractivity contribution in [1.82, 2.24) is 0 Å². The zero-order valence-corrected chi connectivity index (χ0v) is 5.71. The molecule has 0 rings (SSSR count). The van der Waals surface area contributed by atoms with Gasteiger partial charge in [-0.3, -0.25) is 0 Å². The molecule has 0 aromatic carbocycles. The monoisotopic (exact) mass is 139 g/mol. The van der Waals surface area contributed by atoms with E-state index in [0.29, 0.717) is 5.92 Å². The summed E-state index contributed by atoms with van der Waals surface area (Å²) < 4.78 is 35.0. The van der Waals surface area contributed by atoms with E-state index in [-0.39, 0.29) is 0 Å². The van der Waals surface area contributed by atoms with E-state index in [4.69, 9.17) is 0 Å². The van der Waals surface area contributed by atoms with Gasteiger partial charge < -0.3 is 0 Å². The molecule has 1 unspecified atom stereocenters. The van der Waals surface area contributed by atoms with Crippen LogP contribution < -0.4 is 0 Å². The average molecular weight is 139 g/mol. The van der Waals surface area contributed by atoms with Crippen molar-refractivity contribution in [1.29, 1.82) is 0 Å². The highest BCUT2D eigenvalue weighted by molar-refractivity contribution is 4.88. The molecule has 9 heavy (non-hydrogen) atoms. The van der Waals surface area contributed by atoms with Gasteiger partial charge in [0.2, 0.25) is 0 Å². The number of hydrogen-bond donors (Lipinski definition) is 0. The topological polar surface area (TPSA) is 0 Å². The van der Waals surface area contributed by atoms with Crippen LogP contribution >= 0.6 is 0 Å². The molecule has 1 radical (unpaired) electrons. The Morgan fingerprint density at radius 2 is 1.56 bits per heavy atom. The lowest BCUT2D eigenvalue weighted by Crippen LogP contribution is -2.23. The maximum Gasteiger partial charge on any atom is 0.392 e. The van der Waals surface area contributed by atoms with E-state index in [0.717, 1.165) is 6.92 Å². The Bertz CT molecular complexity index is 82.8. The van der Waals surface area contributed by atoms with Crippen molar-refractivity contribution >= 4 is 0 Å². The molecule has 55 valence electrons. The molecule has 0 heterocycles. The molecule has 0 aromatic rings. The summed E-state index contributed by atoms with van der Waals surface area (Å²) in [5, 5.41) is 0. The van der Waals surface area contributed by atoms with Crippen LogP contribution in [0.1, 0.15) is 20.8 Å². The molecular weight excluding hydrogens is 129 g/mol. The summed E-state index contributed by atoms with van der Waals surface area (Å²) in [6, 6.07) is 0. The molecule has 0 nitrogen and oxygen atoms in total. The second-order valence-corrected chi connectivity index (χ2v) is 2.34. The molecule has 0 amide bonds. The first-order valence-corrected chi connectivity index (χ1v) is 2.72. The molecule has 3 heteroatoms. The van der Waals surface area contributed by atoms with E-state index in [1.807, 2.05) is 0 Å². The van der Waals surface area contributed by atoms with Crippen molar-refractivity contribution in [2.45, 2.75) is 26.9 Å². The van der Waals surface area contributed by atoms with Gasteiger partial charge in [-0.15, -0.1) is 0 Å². The van der Waals surface area contributed by atoms with Gasteiger partial charge in [0.25, 0.3) is 0 Å². The van der Waals surface area contributed by atoms with Crippen LogP contribution in [0.5, 0.6) is 0 Å². The van der Waals surface area contributed by atoms with Crippen LogP contribution in [0, 0.1) is 11.8 Å². The fraction of sp³-hybridized carbons (Fsp3) is 0.833. The maximum absolute atomic E-state index is 11.7. The van der Waals surface area contributed by atoms with Crippen molar-refractivity contribution in [3.8, 4) is 0 Å². The summed E-state index contributed by atoms with van der Waals surface area (Å²) >= 11 is 0. The first-order chi connectivity index (χ1) is 3.85. The van der Waals surface area contributed by atoms with Crippen LogP contribution in [0.25, 0.3) is 0 Å². The molecule has 1 atom stereocenters. The molecule has 0 N–H and O–H groups in total. The first kappa shape index (κ1) is 8.79. The number of alkyl halides is 3. The van der Waals surface area contributed by atoms with E-state index in [1.54, 1.807) is 0 Å². The minimum absolute atomic E-state index is 0.405. The molecular formula is C6H10F3. The zero-order chi connectivity index (χ0) is 7.65. The fourth-order valence-corrected chi connectivity index (χ4v) is 0.327. The van der Waals surface area contributed by atoms with E-state index < -0.39 is 12.1 Å². The molecule has 0 saturated heterocycles. The molecule has 0 aliphatic carbocycles. The van der Waals surface area contributed by atoms with Crippen molar-refractivity contribution in [2.24, 2.45) is 5.92 Å². The van der Waals surface area contributed by atoms with Gasteiger partial charge >= 0.3 is 6.18 Å². The molecule has 0 spiro atoms. The predicted molar refractivity (Wildman–Crippen MR) is 29.8 cm³/mol. The molecule has 0 saturated carbocycles. The van der Waals surface area contributed by atoms with Gasteiger partial charge in [-0.25, -0.2) is 0 Å². The standard InChI is InChI=1S/C6H10F3/c1-4(2)5(3)6(7,8)9/h5H,1-3H3. The van der Waals surface area contributed by atoms with Gasteiger partial charge in [-0.1, -0.05) is 20.8 Å². The van der Waals surface area contributed by atoms with E-state index in [2.05, 4.69) is 0 Å². The number of halogens is 3. The van der Waals surface area contributed by atoms with Gasteiger partial charge in [-0.05, 0) is 5.92 Å². The second kappa shape index (κ2) is 2.58. The van der Waals surface area contributed by atoms with E-state index >= 15 is 0 Å². The Morgan fingerprint density at radius 3 is 1.56 bits per heavy atom. The maximum atomic E-state index is 11.7. The van der Waals surface area contributed by atoms with Crippen LogP contribution in [-0.2, 0) is 0 Å². The highest BCUT2D eigenvalue weighted by atomic mass is 19.4. The zero-order valence-electron chi connectivity index (χ0n) is 5.71. The van der Waals surface area contributed by atoms with Gasteiger partial charge in [0.1, 0.15) is 0 Å². The highest BCUT2D eigenvalue weighted by Gasteiger charge is 2.37. The third-order valence-corrected chi connectivity index (χ3v) is 1.36. The Morgan fingerprint density at radius 1 is 1.22 bits per heavy atom. The van der Waals surface area contributed by atoms with Crippen molar-refractivity contribution < 1.29 is 13.2 Å². The van der Waals surface area contributed by atoms with E-state index in [9.17, 15) is 13.2 Å². The van der Waals surface area contributed by atoms with Crippen molar-refractivity contribution in [3.05, 3.63) is 5.92 Å². The quantitative estimate of drug-likeness (QED) is 0.524. The molecule has 0 fully saturated rings. The Labute approximate surface area is 53.1 Å². The lowest BCUT2D eigenvalue weighted by Gasteiger charge is -2.17. The summed E-state index contributed by atoms with van der Waals surface area (Å²) in [5.41, 5.74) is 0. The highest BCUT2D eigenvalue weighted by Crippen LogP contribution is 2.31. The fourth-order valence-electron chi connectivity index (χ4n) is 0.327. The molecule has 0 aromatic heterocycles. The minimum Gasteiger partial charge on any atom is -0.171 e. The van der Waals surface area contributed by atoms with Crippen LogP contribution in [0.4, 0.5) is 13.2 Å². The second-order valence-electron chi connectivity index (χ2n) is 2.34. The number of rotatable bonds is 1. The smallest absolute Gasteiger partial charge is 0.171 e. The average Bonchev–Trinajstić information content (AvgIpc) is 1.62. The van der Waals surface area contributed by atoms with Gasteiger partial charge in [0.15, 0.2) is 0 Å². The summed E-state index contributed by atoms with van der Waals surface area (Å²) in [5.74, 6) is -0.861. The Balaban J connectivity index is 3.88. The van der Waals surface area contributed by atoms with Gasteiger partial charge in [-0.2, -0.15) is 13.2 Å². The van der Waals surface area contributed by atoms with Crippen molar-refractivity contribution in [3.63, 3.8) is 0 Å². The minimum atomic E-state index is -4.06. The third-order valence-electron chi connectivity index (χ3n) is 1.36. The predicted octanol–water partition coefficient (Wildman–Crippen LogP) is 2.80. The SMILES string of the molecule is C[C](C)C(C)C(F)(F)F. The summed E-state index contributed by atoms with van der Waals surface area (Å²) in [7, 11) is 0. The van der Waals surface area contributed by atoms with Crippen molar-refractivity contribution in [2.75, 3.05) is 0 Å². The van der Waals surface area contributed by atoms with E-state index in [1.165, 1.54) is 13.8 Å². The number of hydrogen-bond acceptors (Lipinski definition) is 0. The summed E-state index contributed by atoms with van der Waals surface area (Å²) in [4.78, 5) is 0. The summed E-state index contributed by atoms with van der Waals surface area (Å²) in [6.07, 6.45) is -4.06. The Kier molecular flexibility index (Phi) is 2.52. The van der Waals surface area contributed by atoms with Crippen LogP contribution in [0.3, 0.4) is 0 Å². The molecule has 0 aliphatic rings. The Hall–Kier alpha value is -0.210. The largest absolute Gasteiger partial charge is 0.392 e. The first-order valence-electron chi connectivity index (χ1n) is 2.72. The lowest BCUT2D eigenvalue weighted by molar-refractivity contribution is -0.164. The third kappa shape index (κ3) is 2.72. The molecule has 0 bridgehead atoms. The van der Waals surface area contributed by atoms with Gasteiger partial charge in [0, 0.05) is 0 Å². The molecule has 0 aliphatic heterocycles. The van der Waals surface area contributed by atoms with Crippen LogP contribution in [-0.4, -0.2) is 6.18 Å². The normalized spacial score (nSPS) is 16.3.